The zero-order chi connectivity index (χ0) is 39.2. The fourth-order valence-electron chi connectivity index (χ4n) is 7.43. The molecule has 0 bridgehead atoms. The molecule has 0 spiro atoms. The van der Waals surface area contributed by atoms with E-state index in [2.05, 4.69) is 121 Å². The van der Waals surface area contributed by atoms with Crippen molar-refractivity contribution in [1.82, 2.24) is 0 Å². The number of rotatable bonds is 32. The zero-order valence-electron chi connectivity index (χ0n) is 36.7. The summed E-state index contributed by atoms with van der Waals surface area (Å²) < 4.78 is 41.4. The molecule has 0 radical (unpaired) electrons. The molecule has 0 aliphatic carbocycles. The van der Waals surface area contributed by atoms with Crippen molar-refractivity contribution < 1.29 is 28.4 Å². The van der Waals surface area contributed by atoms with Gasteiger partial charge in [-0.05, 0) is 107 Å². The van der Waals surface area contributed by atoms with Gasteiger partial charge in [0.1, 0.15) is 0 Å². The molecule has 0 aliphatic heterocycles. The lowest BCUT2D eigenvalue weighted by atomic mass is 9.80. The topological polar surface area (TPSA) is 55.4 Å². The Labute approximate surface area is 323 Å². The third-order valence-electron chi connectivity index (χ3n) is 9.19. The Balaban J connectivity index is 4.02. The predicted octanol–water partition coefficient (Wildman–Crippen LogP) is 14.0. The van der Waals surface area contributed by atoms with Crippen LogP contribution in [-0.4, -0.2) is 48.6 Å². The Bertz CT molecular complexity index is 870. The second kappa shape index (κ2) is 26.7. The normalized spacial score (nSPS) is 14.2. The van der Waals surface area contributed by atoms with Crippen molar-refractivity contribution in [2.75, 3.05) is 0 Å². The van der Waals surface area contributed by atoms with Gasteiger partial charge in [-0.2, -0.15) is 0 Å². The Hall–Kier alpha value is -1.02. The number of unbranched alkanes of at least 4 members (excludes halogenated alkanes) is 12. The SMILES string of the molecule is CCCCCCCCCC(c1ccccc1C(CCCCCCCCC)C(OC(C)C)(OC(C)C)OC(C)C)C(OC(C)C)(OC(C)C)OC(C)C. The molecule has 0 amide bonds. The number of hydrogen-bond acceptors (Lipinski definition) is 6. The largest absolute Gasteiger partial charge is 0.324 e. The molecule has 6 nitrogen and oxygen atoms in total. The van der Waals surface area contributed by atoms with E-state index in [-0.39, 0.29) is 48.5 Å². The van der Waals surface area contributed by atoms with E-state index < -0.39 is 11.9 Å². The summed E-state index contributed by atoms with van der Waals surface area (Å²) in [7, 11) is 0. The zero-order valence-corrected chi connectivity index (χ0v) is 36.7. The van der Waals surface area contributed by atoms with Crippen molar-refractivity contribution in [2.45, 2.75) is 260 Å². The quantitative estimate of drug-likeness (QED) is 0.0543. The lowest BCUT2D eigenvalue weighted by Gasteiger charge is -2.46. The van der Waals surface area contributed by atoms with Crippen LogP contribution in [0.5, 0.6) is 0 Å². The molecule has 0 aromatic heterocycles. The highest BCUT2D eigenvalue weighted by Crippen LogP contribution is 2.48. The average Bonchev–Trinajstić information content (AvgIpc) is 3.01. The van der Waals surface area contributed by atoms with Crippen molar-refractivity contribution >= 4 is 0 Å². The molecule has 0 fully saturated rings. The van der Waals surface area contributed by atoms with E-state index in [9.17, 15) is 0 Å². The van der Waals surface area contributed by atoms with Gasteiger partial charge >= 0.3 is 0 Å². The first-order chi connectivity index (χ1) is 24.6. The smallest absolute Gasteiger partial charge is 0.290 e. The minimum atomic E-state index is -1.28. The van der Waals surface area contributed by atoms with Crippen LogP contribution in [0.3, 0.4) is 0 Å². The maximum absolute atomic E-state index is 6.91. The first-order valence-corrected chi connectivity index (χ1v) is 21.8. The third kappa shape index (κ3) is 18.5. The van der Waals surface area contributed by atoms with Gasteiger partial charge in [-0.15, -0.1) is 0 Å². The fourth-order valence-corrected chi connectivity index (χ4v) is 7.43. The Morgan fingerprint density at radius 2 is 0.596 bits per heavy atom. The van der Waals surface area contributed by atoms with Crippen molar-refractivity contribution in [3.8, 4) is 0 Å². The van der Waals surface area contributed by atoms with Gasteiger partial charge in [-0.25, -0.2) is 0 Å². The van der Waals surface area contributed by atoms with Crippen LogP contribution in [0.2, 0.25) is 0 Å². The van der Waals surface area contributed by atoms with E-state index in [1.807, 2.05) is 0 Å². The molecule has 52 heavy (non-hydrogen) atoms. The van der Waals surface area contributed by atoms with E-state index in [0.29, 0.717) is 0 Å². The molecule has 6 heteroatoms. The van der Waals surface area contributed by atoms with Crippen LogP contribution in [0.4, 0.5) is 0 Å². The summed E-state index contributed by atoms with van der Waals surface area (Å²) in [5.74, 6) is -2.95. The second-order valence-corrected chi connectivity index (χ2v) is 16.8. The summed E-state index contributed by atoms with van der Waals surface area (Å²) in [6.07, 6.45) is 18.3. The van der Waals surface area contributed by atoms with E-state index >= 15 is 0 Å². The molecule has 1 aromatic carbocycles. The van der Waals surface area contributed by atoms with Gasteiger partial charge in [0.05, 0.1) is 48.5 Å². The maximum Gasteiger partial charge on any atom is 0.290 e. The van der Waals surface area contributed by atoms with Gasteiger partial charge < -0.3 is 28.4 Å². The van der Waals surface area contributed by atoms with Crippen LogP contribution >= 0.6 is 0 Å². The fraction of sp³-hybridized carbons (Fsp3) is 0.870. The minimum Gasteiger partial charge on any atom is -0.324 e. The summed E-state index contributed by atoms with van der Waals surface area (Å²) in [5, 5.41) is 0. The van der Waals surface area contributed by atoms with Crippen LogP contribution in [-0.2, 0) is 28.4 Å². The monoisotopic (exact) mass is 735 g/mol. The number of ether oxygens (including phenoxy) is 6. The molecule has 0 aliphatic rings. The van der Waals surface area contributed by atoms with E-state index in [0.717, 1.165) is 38.5 Å². The Kier molecular flexibility index (Phi) is 25.2. The molecule has 306 valence electrons. The summed E-state index contributed by atoms with van der Waals surface area (Å²) >= 11 is 0. The average molecular weight is 735 g/mol. The highest BCUT2D eigenvalue weighted by atomic mass is 16.9. The second-order valence-electron chi connectivity index (χ2n) is 16.8. The molecule has 0 saturated heterocycles. The first-order valence-electron chi connectivity index (χ1n) is 21.8. The van der Waals surface area contributed by atoms with Crippen LogP contribution in [0.15, 0.2) is 24.3 Å². The minimum absolute atomic E-state index is 0.110. The van der Waals surface area contributed by atoms with E-state index in [1.165, 1.54) is 75.3 Å². The van der Waals surface area contributed by atoms with Crippen LogP contribution in [0, 0.1) is 0 Å². The molecule has 0 saturated carbocycles. The van der Waals surface area contributed by atoms with Crippen molar-refractivity contribution in [3.63, 3.8) is 0 Å². The Morgan fingerprint density at radius 1 is 0.365 bits per heavy atom. The molecule has 2 atom stereocenters. The molecule has 1 rings (SSSR count). The highest BCUT2D eigenvalue weighted by molar-refractivity contribution is 5.36. The van der Waals surface area contributed by atoms with Crippen molar-refractivity contribution in [1.29, 1.82) is 0 Å². The molecule has 0 heterocycles. The van der Waals surface area contributed by atoms with E-state index in [4.69, 9.17) is 28.4 Å². The maximum atomic E-state index is 6.91. The number of benzene rings is 1. The van der Waals surface area contributed by atoms with Crippen LogP contribution < -0.4 is 0 Å². The van der Waals surface area contributed by atoms with Gasteiger partial charge in [0.2, 0.25) is 0 Å². The number of hydrogen-bond donors (Lipinski definition) is 0. The lowest BCUT2D eigenvalue weighted by molar-refractivity contribution is -0.423. The van der Waals surface area contributed by atoms with Crippen molar-refractivity contribution in [2.24, 2.45) is 0 Å². The summed E-state index contributed by atoms with van der Waals surface area (Å²) in [4.78, 5) is 0. The molecule has 2 unspecified atom stereocenters. The lowest BCUT2D eigenvalue weighted by Crippen LogP contribution is -2.51. The Morgan fingerprint density at radius 3 is 0.827 bits per heavy atom. The van der Waals surface area contributed by atoms with Crippen LogP contribution in [0.1, 0.15) is 223 Å². The van der Waals surface area contributed by atoms with Crippen LogP contribution in [0.25, 0.3) is 0 Å². The van der Waals surface area contributed by atoms with Gasteiger partial charge in [0, 0.05) is 0 Å². The molecule has 1 aromatic rings. The predicted molar refractivity (Wildman–Crippen MR) is 220 cm³/mol. The molecule has 0 N–H and O–H groups in total. The van der Waals surface area contributed by atoms with E-state index in [1.54, 1.807) is 0 Å². The van der Waals surface area contributed by atoms with Gasteiger partial charge in [-0.3, -0.25) is 0 Å². The summed E-state index contributed by atoms with van der Waals surface area (Å²) in [6, 6.07) is 8.86. The van der Waals surface area contributed by atoms with Crippen molar-refractivity contribution in [3.05, 3.63) is 35.4 Å². The van der Waals surface area contributed by atoms with Gasteiger partial charge in [0.15, 0.2) is 0 Å². The molecular formula is C46H86O6. The summed E-state index contributed by atoms with van der Waals surface area (Å²) in [5.41, 5.74) is 2.33. The third-order valence-corrected chi connectivity index (χ3v) is 9.19. The summed E-state index contributed by atoms with van der Waals surface area (Å²) in [6.45, 7) is 29.5. The van der Waals surface area contributed by atoms with Gasteiger partial charge in [-0.1, -0.05) is 128 Å². The first kappa shape index (κ1) is 49.0. The standard InChI is InChI=1S/C46H86O6/c1-15-17-19-21-23-25-27-33-43(45(47-35(3)4,48-36(5)6)49-37(7)8)41-31-29-30-32-42(41)44(34-28-26-24-22-20-18-16-2)46(50-38(9)10,51-39(11)12)52-40(13)14/h29-32,35-40,43-44H,15-28,33-34H2,1-14H3. The molecular weight excluding hydrogens is 649 g/mol. The van der Waals surface area contributed by atoms with Gasteiger partial charge in [0.25, 0.3) is 11.9 Å². The highest BCUT2D eigenvalue weighted by Gasteiger charge is 2.51.